The molecule has 0 aromatic heterocycles. The van der Waals surface area contributed by atoms with Gasteiger partial charge in [-0.2, -0.15) is 0 Å². The Hall–Kier alpha value is -3.57. The number of carboxylic acid groups (broad SMARTS) is 1. The molecule has 4 rings (SSSR count). The smallest absolute Gasteiger partial charge is 0.307 e. The highest BCUT2D eigenvalue weighted by atomic mass is 35.5. The van der Waals surface area contributed by atoms with Crippen molar-refractivity contribution in [3.05, 3.63) is 93.8 Å². The molecule has 0 bridgehead atoms. The van der Waals surface area contributed by atoms with Crippen LogP contribution in [0.3, 0.4) is 0 Å². The average Bonchev–Trinajstić information content (AvgIpc) is 3.00. The van der Waals surface area contributed by atoms with Crippen LogP contribution in [0.25, 0.3) is 17.2 Å². The summed E-state index contributed by atoms with van der Waals surface area (Å²) in [5, 5.41) is 9.74. The van der Waals surface area contributed by atoms with Gasteiger partial charge in [0, 0.05) is 6.07 Å². The number of halogens is 2. The van der Waals surface area contributed by atoms with Crippen LogP contribution in [0.5, 0.6) is 17.2 Å². The van der Waals surface area contributed by atoms with E-state index in [1.165, 1.54) is 12.1 Å². The maximum atomic E-state index is 13.8. The Morgan fingerprint density at radius 1 is 1.03 bits per heavy atom. The van der Waals surface area contributed by atoms with E-state index in [9.17, 15) is 14.3 Å². The lowest BCUT2D eigenvalue weighted by Crippen LogP contribution is -1.97. The van der Waals surface area contributed by atoms with Crippen molar-refractivity contribution >= 4 is 34.8 Å². The van der Waals surface area contributed by atoms with Crippen molar-refractivity contribution < 1.29 is 23.8 Å². The van der Waals surface area contributed by atoms with Crippen molar-refractivity contribution in [2.75, 3.05) is 7.11 Å². The molecule has 4 nitrogen and oxygen atoms in total. The monoisotopic (exact) mass is 450 g/mol. The molecule has 0 radical (unpaired) electrons. The minimum atomic E-state index is -0.948. The summed E-state index contributed by atoms with van der Waals surface area (Å²) in [5.41, 5.74) is 4.72. The fourth-order valence-corrected chi connectivity index (χ4v) is 4.03. The number of rotatable bonds is 6. The van der Waals surface area contributed by atoms with Crippen LogP contribution in [0.2, 0.25) is 5.02 Å². The predicted molar refractivity (Wildman–Crippen MR) is 124 cm³/mol. The second kappa shape index (κ2) is 8.89. The largest absolute Gasteiger partial charge is 0.495 e. The van der Waals surface area contributed by atoms with E-state index >= 15 is 0 Å². The molecule has 0 saturated carbocycles. The fourth-order valence-electron chi connectivity index (χ4n) is 3.78. The van der Waals surface area contributed by atoms with Crippen molar-refractivity contribution in [3.8, 4) is 17.2 Å². The first kappa shape index (κ1) is 21.7. The van der Waals surface area contributed by atoms with Crippen LogP contribution in [0, 0.1) is 5.82 Å². The quantitative estimate of drug-likeness (QED) is 0.436. The van der Waals surface area contributed by atoms with Crippen LogP contribution >= 0.6 is 11.6 Å². The highest BCUT2D eigenvalue weighted by Gasteiger charge is 2.25. The highest BCUT2D eigenvalue weighted by Crippen LogP contribution is 2.44. The third-order valence-electron chi connectivity index (χ3n) is 5.33. The van der Waals surface area contributed by atoms with Gasteiger partial charge in [-0.15, -0.1) is 0 Å². The van der Waals surface area contributed by atoms with Gasteiger partial charge in [0.25, 0.3) is 0 Å². The first-order valence-electron chi connectivity index (χ1n) is 9.91. The van der Waals surface area contributed by atoms with E-state index in [-0.39, 0.29) is 12.2 Å². The molecule has 162 valence electrons. The minimum absolute atomic E-state index is 0.156. The molecule has 0 spiro atoms. The summed E-state index contributed by atoms with van der Waals surface area (Å²) in [7, 11) is 1.55. The molecule has 1 N–H and O–H groups in total. The van der Waals surface area contributed by atoms with Crippen LogP contribution in [-0.4, -0.2) is 18.2 Å². The summed E-state index contributed by atoms with van der Waals surface area (Å²) >= 11 is 6.15. The van der Waals surface area contributed by atoms with Gasteiger partial charge in [-0.1, -0.05) is 29.8 Å². The second-order valence-electron chi connectivity index (χ2n) is 7.39. The molecule has 0 saturated heterocycles. The molecule has 0 aliphatic heterocycles. The first-order valence-corrected chi connectivity index (χ1v) is 10.3. The van der Waals surface area contributed by atoms with E-state index in [2.05, 4.69) is 0 Å². The minimum Gasteiger partial charge on any atom is -0.495 e. The lowest BCUT2D eigenvalue weighted by Gasteiger charge is -2.09. The Balaban J connectivity index is 1.62. The van der Waals surface area contributed by atoms with Gasteiger partial charge >= 0.3 is 5.97 Å². The van der Waals surface area contributed by atoms with Crippen LogP contribution in [0.15, 0.2) is 66.2 Å². The number of ether oxygens (including phenoxy) is 2. The van der Waals surface area contributed by atoms with Crippen molar-refractivity contribution in [2.24, 2.45) is 0 Å². The van der Waals surface area contributed by atoms with Gasteiger partial charge in [-0.3, -0.25) is 4.79 Å². The molecule has 0 fully saturated rings. The number of carboxylic acids is 1. The summed E-state index contributed by atoms with van der Waals surface area (Å²) in [6.45, 7) is 1.87. The Bertz CT molecular complexity index is 1260. The molecule has 6 heteroatoms. The Labute approximate surface area is 190 Å². The number of aliphatic carboxylic acids is 1. The zero-order valence-electron chi connectivity index (χ0n) is 17.5. The van der Waals surface area contributed by atoms with Gasteiger partial charge in [-0.25, -0.2) is 4.39 Å². The Kier molecular flexibility index (Phi) is 6.01. The number of hydrogen-bond donors (Lipinski definition) is 1. The van der Waals surface area contributed by atoms with E-state index in [1.807, 2.05) is 37.3 Å². The molecule has 0 amide bonds. The number of fused-ring (bicyclic) bond motifs is 1. The number of benzene rings is 3. The lowest BCUT2D eigenvalue weighted by molar-refractivity contribution is -0.135. The number of methoxy groups -OCH3 is 1. The van der Waals surface area contributed by atoms with E-state index < -0.39 is 5.97 Å². The summed E-state index contributed by atoms with van der Waals surface area (Å²) in [6, 6.07) is 17.1. The van der Waals surface area contributed by atoms with Gasteiger partial charge < -0.3 is 14.6 Å². The predicted octanol–water partition coefficient (Wildman–Crippen LogP) is 7.08. The van der Waals surface area contributed by atoms with Crippen molar-refractivity contribution in [1.29, 1.82) is 0 Å². The molecular weight excluding hydrogens is 431 g/mol. The molecule has 1 aliphatic carbocycles. The Morgan fingerprint density at radius 3 is 2.41 bits per heavy atom. The van der Waals surface area contributed by atoms with Crippen molar-refractivity contribution in [2.45, 2.75) is 13.3 Å². The average molecular weight is 451 g/mol. The topological polar surface area (TPSA) is 55.8 Å². The maximum Gasteiger partial charge on any atom is 0.307 e. The van der Waals surface area contributed by atoms with Gasteiger partial charge in [0.2, 0.25) is 0 Å². The highest BCUT2D eigenvalue weighted by molar-refractivity contribution is 6.32. The third kappa shape index (κ3) is 4.39. The number of carbonyl (C=O) groups is 1. The molecule has 3 aromatic carbocycles. The van der Waals surface area contributed by atoms with Gasteiger partial charge in [0.15, 0.2) is 0 Å². The fraction of sp³-hybridized carbons (Fsp3) is 0.115. The van der Waals surface area contributed by atoms with Gasteiger partial charge in [0.1, 0.15) is 23.1 Å². The summed E-state index contributed by atoms with van der Waals surface area (Å²) in [6.07, 6.45) is 1.81. The normalized spacial score (nSPS) is 13.9. The first-order chi connectivity index (χ1) is 15.4. The van der Waals surface area contributed by atoms with E-state index in [0.29, 0.717) is 33.4 Å². The number of allylic oxidation sites excluding steroid dienone is 2. The molecule has 32 heavy (non-hydrogen) atoms. The molecule has 0 atom stereocenters. The van der Waals surface area contributed by atoms with E-state index in [4.69, 9.17) is 21.1 Å². The lowest BCUT2D eigenvalue weighted by atomic mass is 10.0. The summed E-state index contributed by atoms with van der Waals surface area (Å²) < 4.78 is 24.8. The summed E-state index contributed by atoms with van der Waals surface area (Å²) in [4.78, 5) is 11.3. The van der Waals surface area contributed by atoms with Crippen LogP contribution < -0.4 is 9.47 Å². The zero-order chi connectivity index (χ0) is 22.8. The Morgan fingerprint density at radius 2 is 1.75 bits per heavy atom. The van der Waals surface area contributed by atoms with E-state index in [0.717, 1.165) is 22.3 Å². The second-order valence-corrected chi connectivity index (χ2v) is 7.80. The van der Waals surface area contributed by atoms with Crippen LogP contribution in [0.4, 0.5) is 4.39 Å². The van der Waals surface area contributed by atoms with E-state index in [1.54, 1.807) is 31.4 Å². The standard InChI is InChI=1S/C26H20ClFO4/c1-15-21(20-9-5-17(28)12-23(20)22(15)14-26(29)30)11-16-3-6-18(7-4-16)32-19-8-10-25(31-2)24(27)13-19/h3-13H,14H2,1-2H3,(H,29,30)/b21-11-. The molecule has 1 aliphatic rings. The zero-order valence-corrected chi connectivity index (χ0v) is 18.2. The van der Waals surface area contributed by atoms with Crippen molar-refractivity contribution in [3.63, 3.8) is 0 Å². The molecule has 3 aromatic rings. The van der Waals surface area contributed by atoms with Gasteiger partial charge in [0.05, 0.1) is 18.6 Å². The van der Waals surface area contributed by atoms with Crippen LogP contribution in [-0.2, 0) is 4.79 Å². The third-order valence-corrected chi connectivity index (χ3v) is 5.63. The SMILES string of the molecule is COc1ccc(Oc2ccc(/C=C3/C(C)=C(CC(=O)O)c4cc(F)ccc43)cc2)cc1Cl. The molecule has 0 unspecified atom stereocenters. The van der Waals surface area contributed by atoms with Crippen LogP contribution in [0.1, 0.15) is 30.0 Å². The number of hydrogen-bond acceptors (Lipinski definition) is 3. The summed E-state index contributed by atoms with van der Waals surface area (Å²) in [5.74, 6) is 0.465. The maximum absolute atomic E-state index is 13.8. The molecule has 0 heterocycles. The van der Waals surface area contributed by atoms with Crippen molar-refractivity contribution in [1.82, 2.24) is 0 Å². The van der Waals surface area contributed by atoms with Gasteiger partial charge in [-0.05, 0) is 82.8 Å². The molecular formula is C26H20ClFO4.